The van der Waals surface area contributed by atoms with E-state index >= 15 is 0 Å². The number of hydrogen-bond donors (Lipinski definition) is 0. The summed E-state index contributed by atoms with van der Waals surface area (Å²) in [5.41, 5.74) is 0. The van der Waals surface area contributed by atoms with E-state index in [1.54, 1.807) is 0 Å². The summed E-state index contributed by atoms with van der Waals surface area (Å²) in [6.07, 6.45) is 1.93. The predicted molar refractivity (Wildman–Crippen MR) is 44.1 cm³/mol. The van der Waals surface area contributed by atoms with Crippen molar-refractivity contribution in [3.8, 4) is 6.07 Å². The second-order valence-electron chi connectivity index (χ2n) is 2.61. The number of nitriles is 1. The van der Waals surface area contributed by atoms with E-state index in [0.29, 0.717) is 6.54 Å². The van der Waals surface area contributed by atoms with Crippen molar-refractivity contribution in [1.29, 1.82) is 5.26 Å². The Labute approximate surface area is 74.1 Å². The lowest BCUT2D eigenvalue weighted by atomic mass is 10.2. The molecule has 0 spiro atoms. The number of carbonyl (C=O) groups excluding carboxylic acids is 1. The zero-order valence-corrected chi connectivity index (χ0v) is 7.67. The van der Waals surface area contributed by atoms with E-state index in [1.165, 1.54) is 0 Å². The largest absolute Gasteiger partial charge is 0.285 e. The third kappa shape index (κ3) is 2.28. The number of carbonyl (C=O) groups is 1. The highest BCUT2D eigenvalue weighted by molar-refractivity contribution is 9.18. The zero-order valence-electron chi connectivity index (χ0n) is 6.09. The maximum atomic E-state index is 10.6. The van der Waals surface area contributed by atoms with Crippen molar-refractivity contribution in [2.24, 2.45) is 0 Å². The van der Waals surface area contributed by atoms with Gasteiger partial charge >= 0.3 is 0 Å². The molecule has 0 bridgehead atoms. The number of nitrogens with zero attached hydrogens (tertiary/aromatic N) is 2. The van der Waals surface area contributed by atoms with Crippen molar-refractivity contribution >= 4 is 20.6 Å². The van der Waals surface area contributed by atoms with Gasteiger partial charge in [0.1, 0.15) is 0 Å². The fraction of sp³-hybridized carbons (Fsp3) is 0.714. The molecule has 0 aromatic rings. The van der Waals surface area contributed by atoms with Crippen LogP contribution in [0.5, 0.6) is 0 Å². The van der Waals surface area contributed by atoms with Gasteiger partial charge in [0, 0.05) is 6.54 Å². The highest BCUT2D eigenvalue weighted by Gasteiger charge is 2.24. The topological polar surface area (TPSA) is 44.1 Å². The maximum absolute atomic E-state index is 10.6. The van der Waals surface area contributed by atoms with Crippen molar-refractivity contribution < 1.29 is 4.79 Å². The van der Waals surface area contributed by atoms with Crippen LogP contribution >= 0.6 is 15.9 Å². The lowest BCUT2D eigenvalue weighted by Crippen LogP contribution is -2.31. The summed E-state index contributed by atoms with van der Waals surface area (Å²) < 4.78 is -0.0420. The molecule has 1 aliphatic rings. The molecule has 1 rings (SSSR count). The van der Waals surface area contributed by atoms with Crippen LogP contribution in [0.3, 0.4) is 0 Å². The Morgan fingerprint density at radius 2 is 2.55 bits per heavy atom. The Balaban J connectivity index is 2.45. The molecule has 0 N–H and O–H groups in total. The molecule has 0 aliphatic carbocycles. The smallest absolute Gasteiger partial charge is 0.211 e. The van der Waals surface area contributed by atoms with Gasteiger partial charge in [0.05, 0.1) is 18.7 Å². The zero-order chi connectivity index (χ0) is 8.27. The minimum Gasteiger partial charge on any atom is -0.285 e. The molecule has 0 unspecified atom stereocenters. The van der Waals surface area contributed by atoms with Crippen LogP contribution in [0.25, 0.3) is 0 Å². The molecule has 11 heavy (non-hydrogen) atoms. The molecular weight excluding hydrogens is 208 g/mol. The fourth-order valence-electron chi connectivity index (χ4n) is 1.32. The summed E-state index contributed by atoms with van der Waals surface area (Å²) in [7, 11) is 0. The molecule has 1 heterocycles. The van der Waals surface area contributed by atoms with Gasteiger partial charge in [-0.25, -0.2) is 0 Å². The molecule has 1 aliphatic heterocycles. The van der Waals surface area contributed by atoms with Crippen molar-refractivity contribution in [1.82, 2.24) is 4.90 Å². The van der Waals surface area contributed by atoms with Crippen LogP contribution in [0.2, 0.25) is 0 Å². The number of likely N-dealkylation sites (tertiary alicyclic amines) is 1. The van der Waals surface area contributed by atoms with Gasteiger partial charge in [0.25, 0.3) is 0 Å². The van der Waals surface area contributed by atoms with Crippen LogP contribution < -0.4 is 0 Å². The molecule has 4 heteroatoms. The molecule has 1 fully saturated rings. The normalized spacial score (nSPS) is 24.9. The number of rotatable bonds is 2. The van der Waals surface area contributed by atoms with Crippen molar-refractivity contribution in [2.75, 3.05) is 13.1 Å². The molecule has 0 saturated carbocycles. The molecule has 1 atom stereocenters. The summed E-state index contributed by atoms with van der Waals surface area (Å²) in [6.45, 7) is 1.23. The van der Waals surface area contributed by atoms with E-state index in [1.807, 2.05) is 4.90 Å². The van der Waals surface area contributed by atoms with Gasteiger partial charge < -0.3 is 0 Å². The summed E-state index contributed by atoms with van der Waals surface area (Å²) >= 11 is 2.85. The van der Waals surface area contributed by atoms with Crippen LogP contribution in [-0.2, 0) is 4.79 Å². The Kier molecular flexibility index (Phi) is 3.03. The molecule has 0 aromatic carbocycles. The van der Waals surface area contributed by atoms with Crippen LogP contribution in [0.15, 0.2) is 0 Å². The summed E-state index contributed by atoms with van der Waals surface area (Å²) in [6, 6.07) is 2.13. The van der Waals surface area contributed by atoms with E-state index in [9.17, 15) is 4.79 Å². The molecule has 1 saturated heterocycles. The molecular formula is C7H9BrN2O. The first-order chi connectivity index (χ1) is 5.24. The summed E-state index contributed by atoms with van der Waals surface area (Å²) in [4.78, 5) is 12.5. The fourth-order valence-corrected chi connectivity index (χ4v) is 1.64. The van der Waals surface area contributed by atoms with Crippen LogP contribution in [0.4, 0.5) is 0 Å². The van der Waals surface area contributed by atoms with Crippen molar-refractivity contribution in [2.45, 2.75) is 18.9 Å². The van der Waals surface area contributed by atoms with Gasteiger partial charge in [-0.1, -0.05) is 0 Å². The molecule has 0 amide bonds. The first-order valence-electron chi connectivity index (χ1n) is 3.56. The Hall–Kier alpha value is -0.400. The van der Waals surface area contributed by atoms with E-state index in [2.05, 4.69) is 22.0 Å². The third-order valence-corrected chi connectivity index (χ3v) is 2.09. The van der Waals surface area contributed by atoms with Gasteiger partial charge in [-0.05, 0) is 28.8 Å². The van der Waals surface area contributed by atoms with Crippen molar-refractivity contribution in [3.63, 3.8) is 0 Å². The van der Waals surface area contributed by atoms with E-state index < -0.39 is 0 Å². The second-order valence-corrected chi connectivity index (χ2v) is 3.50. The Morgan fingerprint density at radius 1 is 1.82 bits per heavy atom. The van der Waals surface area contributed by atoms with Crippen LogP contribution in [-0.4, -0.2) is 28.7 Å². The summed E-state index contributed by atoms with van der Waals surface area (Å²) in [5.74, 6) is 0. The number of halogens is 1. The second kappa shape index (κ2) is 3.84. The van der Waals surface area contributed by atoms with Gasteiger partial charge in [-0.3, -0.25) is 9.69 Å². The summed E-state index contributed by atoms with van der Waals surface area (Å²) in [5, 5.41) is 8.63. The van der Waals surface area contributed by atoms with Crippen molar-refractivity contribution in [3.05, 3.63) is 0 Å². The quantitative estimate of drug-likeness (QED) is 0.645. The molecule has 0 radical (unpaired) electrons. The van der Waals surface area contributed by atoms with Gasteiger partial charge in [0.2, 0.25) is 4.69 Å². The highest BCUT2D eigenvalue weighted by Crippen LogP contribution is 2.15. The van der Waals surface area contributed by atoms with E-state index in [-0.39, 0.29) is 10.7 Å². The number of hydrogen-bond acceptors (Lipinski definition) is 3. The molecule has 3 nitrogen and oxygen atoms in total. The van der Waals surface area contributed by atoms with Gasteiger partial charge in [-0.15, -0.1) is 0 Å². The van der Waals surface area contributed by atoms with Gasteiger partial charge in [-0.2, -0.15) is 5.26 Å². The first kappa shape index (κ1) is 8.69. The predicted octanol–water partition coefficient (Wildman–Crippen LogP) is 0.896. The monoisotopic (exact) mass is 216 g/mol. The average molecular weight is 217 g/mol. The van der Waals surface area contributed by atoms with E-state index in [0.717, 1.165) is 19.4 Å². The van der Waals surface area contributed by atoms with Crippen LogP contribution in [0.1, 0.15) is 12.8 Å². The van der Waals surface area contributed by atoms with Crippen LogP contribution in [0, 0.1) is 11.3 Å². The average Bonchev–Trinajstić information content (AvgIpc) is 2.34. The standard InChI is InChI=1S/C7H9BrN2O/c8-7(11)5-10-3-1-2-6(10)4-9/h6H,1-3,5H2/t6-/m0/s1. The minimum atomic E-state index is -0.0449. The Bertz CT molecular complexity index is 199. The van der Waals surface area contributed by atoms with Gasteiger partial charge in [0.15, 0.2) is 0 Å². The minimum absolute atomic E-state index is 0.0420. The lowest BCUT2D eigenvalue weighted by Gasteiger charge is -2.15. The highest BCUT2D eigenvalue weighted by atomic mass is 79.9. The Morgan fingerprint density at radius 3 is 3.09 bits per heavy atom. The molecule has 0 aromatic heterocycles. The van der Waals surface area contributed by atoms with E-state index in [4.69, 9.17) is 5.26 Å². The SMILES string of the molecule is N#C[C@@H]1CCCN1CC(=O)Br. The lowest BCUT2D eigenvalue weighted by molar-refractivity contribution is -0.111. The third-order valence-electron chi connectivity index (χ3n) is 1.84. The molecule has 60 valence electrons. The first-order valence-corrected chi connectivity index (χ1v) is 4.35. The maximum Gasteiger partial charge on any atom is 0.211 e.